The minimum Gasteiger partial charge on any atom is -0.504 e. The van der Waals surface area contributed by atoms with E-state index in [0.717, 1.165) is 0 Å². The summed E-state index contributed by atoms with van der Waals surface area (Å²) >= 11 is 0. The lowest BCUT2D eigenvalue weighted by Crippen LogP contribution is -2.14. The van der Waals surface area contributed by atoms with Crippen LogP contribution in [0.3, 0.4) is 0 Å². The maximum Gasteiger partial charge on any atom is 0.194 e. The number of phenolic OH excluding ortho intramolecular Hbond substituents is 2. The van der Waals surface area contributed by atoms with Gasteiger partial charge >= 0.3 is 0 Å². The highest BCUT2D eigenvalue weighted by Gasteiger charge is 2.22. The van der Waals surface area contributed by atoms with Gasteiger partial charge < -0.3 is 21.1 Å². The third kappa shape index (κ3) is 1.61. The third-order valence-electron chi connectivity index (χ3n) is 1.76. The number of aromatic hydroxyl groups is 2. The molecule has 0 amide bonds. The van der Waals surface area contributed by atoms with Crippen LogP contribution in [-0.2, 0) is 0 Å². The van der Waals surface area contributed by atoms with Crippen LogP contribution >= 0.6 is 0 Å². The summed E-state index contributed by atoms with van der Waals surface area (Å²) < 4.78 is 26.1. The number of hydrogen-bond acceptors (Lipinski definition) is 4. The highest BCUT2D eigenvalue weighted by atomic mass is 19.1. The van der Waals surface area contributed by atoms with Crippen molar-refractivity contribution in [3.8, 4) is 11.5 Å². The second-order valence-corrected chi connectivity index (χ2v) is 2.71. The van der Waals surface area contributed by atoms with Gasteiger partial charge in [0, 0.05) is 12.6 Å². The topological polar surface area (TPSA) is 86.7 Å². The van der Waals surface area contributed by atoms with Crippen molar-refractivity contribution in [3.05, 3.63) is 23.3 Å². The number of rotatable bonds is 2. The Morgan fingerprint density at radius 2 is 1.93 bits per heavy atom. The lowest BCUT2D eigenvalue weighted by Gasteiger charge is -2.12. The van der Waals surface area contributed by atoms with E-state index in [1.165, 1.54) is 0 Å². The first kappa shape index (κ1) is 10.7. The Labute approximate surface area is 78.2 Å². The zero-order chi connectivity index (χ0) is 10.9. The van der Waals surface area contributed by atoms with Crippen molar-refractivity contribution in [2.24, 2.45) is 5.73 Å². The molecule has 14 heavy (non-hydrogen) atoms. The summed E-state index contributed by atoms with van der Waals surface area (Å²) in [6, 6.07) is 0.507. The lowest BCUT2D eigenvalue weighted by molar-refractivity contribution is 0.174. The maximum atomic E-state index is 13.1. The molecule has 1 rings (SSSR count). The minimum absolute atomic E-state index is 0.391. The van der Waals surface area contributed by atoms with Crippen LogP contribution in [0.5, 0.6) is 11.5 Å². The number of aliphatic hydroxyl groups is 1. The molecule has 1 aromatic carbocycles. The molecule has 0 aliphatic heterocycles. The van der Waals surface area contributed by atoms with Crippen molar-refractivity contribution in [2.45, 2.75) is 6.10 Å². The smallest absolute Gasteiger partial charge is 0.194 e. The van der Waals surface area contributed by atoms with Gasteiger partial charge in [-0.15, -0.1) is 0 Å². The van der Waals surface area contributed by atoms with Gasteiger partial charge in [0.05, 0.1) is 11.7 Å². The molecule has 1 unspecified atom stereocenters. The van der Waals surface area contributed by atoms with Gasteiger partial charge in [-0.1, -0.05) is 0 Å². The molecular formula is C8H9F2NO3. The molecule has 78 valence electrons. The standard InChI is InChI=1S/C8H9F2NO3/c9-3-1-4(12)8(14)7(10)6(3)5(13)2-11/h1,5,12-14H,2,11H2. The molecule has 0 radical (unpaired) electrons. The van der Waals surface area contributed by atoms with Gasteiger partial charge in [0.2, 0.25) is 0 Å². The molecule has 0 saturated heterocycles. The summed E-state index contributed by atoms with van der Waals surface area (Å²) in [7, 11) is 0. The fraction of sp³-hybridized carbons (Fsp3) is 0.250. The van der Waals surface area contributed by atoms with E-state index in [0.29, 0.717) is 6.07 Å². The van der Waals surface area contributed by atoms with E-state index in [-0.39, 0.29) is 0 Å². The average molecular weight is 205 g/mol. The molecule has 0 aliphatic rings. The van der Waals surface area contributed by atoms with Crippen LogP contribution in [0.15, 0.2) is 6.07 Å². The summed E-state index contributed by atoms with van der Waals surface area (Å²) in [6.45, 7) is -0.391. The summed E-state index contributed by atoms with van der Waals surface area (Å²) in [6.07, 6.45) is -1.55. The largest absolute Gasteiger partial charge is 0.504 e. The second kappa shape index (κ2) is 3.77. The molecule has 0 aliphatic carbocycles. The zero-order valence-electron chi connectivity index (χ0n) is 7.04. The number of aliphatic hydroxyl groups excluding tert-OH is 1. The molecule has 6 heteroatoms. The Hall–Kier alpha value is -1.40. The van der Waals surface area contributed by atoms with E-state index < -0.39 is 41.3 Å². The quantitative estimate of drug-likeness (QED) is 0.525. The van der Waals surface area contributed by atoms with Crippen molar-refractivity contribution >= 4 is 0 Å². The van der Waals surface area contributed by atoms with Crippen molar-refractivity contribution < 1.29 is 24.1 Å². The van der Waals surface area contributed by atoms with E-state index in [1.54, 1.807) is 0 Å². The maximum absolute atomic E-state index is 13.1. The van der Waals surface area contributed by atoms with Crippen molar-refractivity contribution in [2.75, 3.05) is 6.54 Å². The predicted molar refractivity (Wildman–Crippen MR) is 43.7 cm³/mol. The fourth-order valence-corrected chi connectivity index (χ4v) is 1.03. The van der Waals surface area contributed by atoms with Crippen molar-refractivity contribution in [1.29, 1.82) is 0 Å². The summed E-state index contributed by atoms with van der Waals surface area (Å²) in [4.78, 5) is 0. The van der Waals surface area contributed by atoms with Gasteiger partial charge in [-0.25, -0.2) is 8.78 Å². The molecule has 0 fully saturated rings. The Morgan fingerprint density at radius 1 is 1.36 bits per heavy atom. The average Bonchev–Trinajstić information content (AvgIpc) is 2.14. The molecule has 5 N–H and O–H groups in total. The van der Waals surface area contributed by atoms with Crippen LogP contribution in [0.25, 0.3) is 0 Å². The van der Waals surface area contributed by atoms with Crippen molar-refractivity contribution in [1.82, 2.24) is 0 Å². The predicted octanol–water partition coefficient (Wildman–Crippen LogP) is 0.368. The first-order valence-electron chi connectivity index (χ1n) is 3.77. The Balaban J connectivity index is 3.36. The second-order valence-electron chi connectivity index (χ2n) is 2.71. The van der Waals surface area contributed by atoms with E-state index in [2.05, 4.69) is 0 Å². The molecule has 0 aromatic heterocycles. The fourth-order valence-electron chi connectivity index (χ4n) is 1.03. The Morgan fingerprint density at radius 3 is 2.43 bits per heavy atom. The van der Waals surface area contributed by atoms with Gasteiger partial charge in [0.25, 0.3) is 0 Å². The molecule has 1 aromatic rings. The van der Waals surface area contributed by atoms with E-state index in [1.807, 2.05) is 0 Å². The van der Waals surface area contributed by atoms with Crippen molar-refractivity contribution in [3.63, 3.8) is 0 Å². The minimum atomic E-state index is -1.55. The van der Waals surface area contributed by atoms with Gasteiger partial charge in [0.15, 0.2) is 17.3 Å². The number of benzene rings is 1. The number of nitrogens with two attached hydrogens (primary N) is 1. The van der Waals surface area contributed by atoms with Gasteiger partial charge in [-0.2, -0.15) is 0 Å². The summed E-state index contributed by atoms with van der Waals surface area (Å²) in [5, 5.41) is 26.8. The molecule has 0 spiro atoms. The van der Waals surface area contributed by atoms with Crippen LogP contribution in [0.2, 0.25) is 0 Å². The number of halogens is 2. The monoisotopic (exact) mass is 205 g/mol. The molecule has 4 nitrogen and oxygen atoms in total. The van der Waals surface area contributed by atoms with Gasteiger partial charge in [-0.05, 0) is 0 Å². The van der Waals surface area contributed by atoms with E-state index >= 15 is 0 Å². The summed E-state index contributed by atoms with van der Waals surface area (Å²) in [5.74, 6) is -4.59. The van der Waals surface area contributed by atoms with Crippen LogP contribution in [0.4, 0.5) is 8.78 Å². The lowest BCUT2D eigenvalue weighted by atomic mass is 10.1. The number of phenols is 2. The normalized spacial score (nSPS) is 12.9. The van der Waals surface area contributed by atoms with Crippen LogP contribution in [-0.4, -0.2) is 21.9 Å². The Kier molecular flexibility index (Phi) is 2.87. The van der Waals surface area contributed by atoms with Gasteiger partial charge in [-0.3, -0.25) is 0 Å². The van der Waals surface area contributed by atoms with Gasteiger partial charge in [0.1, 0.15) is 5.82 Å². The molecule has 0 saturated carbocycles. The van der Waals surface area contributed by atoms with Crippen LogP contribution in [0, 0.1) is 11.6 Å². The van der Waals surface area contributed by atoms with Crippen LogP contribution < -0.4 is 5.73 Å². The first-order chi connectivity index (χ1) is 6.49. The molecular weight excluding hydrogens is 196 g/mol. The van der Waals surface area contributed by atoms with Crippen LogP contribution in [0.1, 0.15) is 11.7 Å². The Bertz CT molecular complexity index is 357. The SMILES string of the molecule is NCC(O)c1c(F)cc(O)c(O)c1F. The highest BCUT2D eigenvalue weighted by molar-refractivity contribution is 5.44. The third-order valence-corrected chi connectivity index (χ3v) is 1.76. The van der Waals surface area contributed by atoms with E-state index in [4.69, 9.17) is 21.1 Å². The highest BCUT2D eigenvalue weighted by Crippen LogP contribution is 2.34. The zero-order valence-corrected chi connectivity index (χ0v) is 7.04. The van der Waals surface area contributed by atoms with E-state index in [9.17, 15) is 8.78 Å². The molecule has 1 atom stereocenters. The number of hydrogen-bond donors (Lipinski definition) is 4. The molecule has 0 heterocycles. The first-order valence-corrected chi connectivity index (χ1v) is 3.77. The summed E-state index contributed by atoms with van der Waals surface area (Å²) in [5.41, 5.74) is 4.26. The molecule has 0 bridgehead atoms.